The second-order valence-corrected chi connectivity index (χ2v) is 4.76. The highest BCUT2D eigenvalue weighted by molar-refractivity contribution is 9.10. The van der Waals surface area contributed by atoms with E-state index in [4.69, 9.17) is 4.74 Å². The van der Waals surface area contributed by atoms with E-state index in [0.717, 1.165) is 23.1 Å². The van der Waals surface area contributed by atoms with E-state index in [9.17, 15) is 0 Å². The monoisotopic (exact) mass is 282 g/mol. The lowest BCUT2D eigenvalue weighted by Crippen LogP contribution is -2.23. The third kappa shape index (κ3) is 3.67. The van der Waals surface area contributed by atoms with Crippen LogP contribution in [0.15, 0.2) is 41.4 Å². The fourth-order valence-electron chi connectivity index (χ4n) is 1.76. The Morgan fingerprint density at radius 1 is 1.25 bits per heavy atom. The molecule has 0 unspecified atom stereocenters. The van der Waals surface area contributed by atoms with Crippen molar-refractivity contribution in [3.8, 4) is 5.75 Å². The van der Waals surface area contributed by atoms with Gasteiger partial charge in [-0.15, -0.1) is 0 Å². The van der Waals surface area contributed by atoms with Gasteiger partial charge in [-0.05, 0) is 43.0 Å². The molecular weight excluding hydrogens is 264 g/mol. The number of ether oxygens (including phenoxy) is 1. The molecule has 0 spiro atoms. The van der Waals surface area contributed by atoms with Crippen LogP contribution in [0.3, 0.4) is 0 Å². The molecule has 0 aliphatic heterocycles. The van der Waals surface area contributed by atoms with Crippen LogP contribution in [0, 0.1) is 5.92 Å². The van der Waals surface area contributed by atoms with Crippen LogP contribution < -0.4 is 4.74 Å². The van der Waals surface area contributed by atoms with Gasteiger partial charge in [0.05, 0.1) is 0 Å². The third-order valence-electron chi connectivity index (χ3n) is 2.83. The quantitative estimate of drug-likeness (QED) is 0.680. The van der Waals surface area contributed by atoms with Crippen LogP contribution in [0.25, 0.3) is 0 Å². The minimum absolute atomic E-state index is 0.108. The van der Waals surface area contributed by atoms with Crippen LogP contribution in [0.1, 0.15) is 26.7 Å². The molecule has 0 heterocycles. The molecule has 0 radical (unpaired) electrons. The van der Waals surface area contributed by atoms with Crippen LogP contribution >= 0.6 is 15.9 Å². The van der Waals surface area contributed by atoms with Crippen molar-refractivity contribution in [2.45, 2.75) is 32.8 Å². The maximum Gasteiger partial charge on any atom is 0.120 e. The van der Waals surface area contributed by atoms with Crippen LogP contribution in [0.4, 0.5) is 0 Å². The first-order valence-electron chi connectivity index (χ1n) is 5.76. The molecule has 2 heteroatoms. The molecule has 0 aliphatic carbocycles. The van der Waals surface area contributed by atoms with Crippen LogP contribution in [0.5, 0.6) is 5.75 Å². The average Bonchev–Trinajstić information content (AvgIpc) is 2.32. The van der Waals surface area contributed by atoms with Gasteiger partial charge < -0.3 is 4.74 Å². The van der Waals surface area contributed by atoms with Gasteiger partial charge in [-0.1, -0.05) is 42.4 Å². The number of halogens is 1. The molecule has 0 amide bonds. The fraction of sp³-hybridized carbons (Fsp3) is 0.429. The lowest BCUT2D eigenvalue weighted by molar-refractivity contribution is 0.171. The molecule has 1 rings (SSSR count). The molecular formula is C14H19BrO. The van der Waals surface area contributed by atoms with E-state index in [1.165, 1.54) is 0 Å². The Hall–Kier alpha value is -0.760. The lowest BCUT2D eigenvalue weighted by Gasteiger charge is -2.23. The van der Waals surface area contributed by atoms with E-state index in [0.29, 0.717) is 5.92 Å². The Kier molecular flexibility index (Phi) is 5.61. The molecule has 0 saturated carbocycles. The number of rotatable bonds is 6. The average molecular weight is 283 g/mol. The maximum atomic E-state index is 5.92. The van der Waals surface area contributed by atoms with Gasteiger partial charge >= 0.3 is 0 Å². The highest BCUT2D eigenvalue weighted by atomic mass is 79.9. The van der Waals surface area contributed by atoms with Crippen molar-refractivity contribution < 1.29 is 4.74 Å². The number of hydrogen-bond donors (Lipinski definition) is 0. The Morgan fingerprint density at radius 2 is 1.81 bits per heavy atom. The minimum atomic E-state index is 0.108. The molecule has 88 valence electrons. The van der Waals surface area contributed by atoms with E-state index in [1.807, 2.05) is 30.3 Å². The van der Waals surface area contributed by atoms with Crippen LogP contribution in [0.2, 0.25) is 0 Å². The van der Waals surface area contributed by atoms with E-state index < -0.39 is 0 Å². The van der Waals surface area contributed by atoms with Gasteiger partial charge in [0.15, 0.2) is 0 Å². The first-order chi connectivity index (χ1) is 7.71. The second kappa shape index (κ2) is 6.74. The van der Waals surface area contributed by atoms with E-state index in [2.05, 4.69) is 36.4 Å². The zero-order chi connectivity index (χ0) is 12.0. The fourth-order valence-corrected chi connectivity index (χ4v) is 2.02. The first-order valence-corrected chi connectivity index (χ1v) is 6.55. The Balaban J connectivity index is 2.69. The summed E-state index contributed by atoms with van der Waals surface area (Å²) in [5.41, 5.74) is 0. The molecule has 16 heavy (non-hydrogen) atoms. The van der Waals surface area contributed by atoms with Crippen LogP contribution in [-0.2, 0) is 0 Å². The van der Waals surface area contributed by atoms with Crippen molar-refractivity contribution in [3.63, 3.8) is 0 Å². The molecule has 0 aliphatic rings. The summed E-state index contributed by atoms with van der Waals surface area (Å²) in [5.74, 6) is 1.45. The van der Waals surface area contributed by atoms with Crippen molar-refractivity contribution >= 4 is 15.9 Å². The van der Waals surface area contributed by atoms with E-state index in [1.54, 1.807) is 0 Å². The van der Waals surface area contributed by atoms with Gasteiger partial charge in [-0.25, -0.2) is 0 Å². The van der Waals surface area contributed by atoms with Gasteiger partial charge in [0, 0.05) is 4.47 Å². The summed E-state index contributed by atoms with van der Waals surface area (Å²) in [6.07, 6.45) is 4.24. The van der Waals surface area contributed by atoms with Gasteiger partial charge in [0.1, 0.15) is 11.9 Å². The van der Waals surface area contributed by atoms with Crippen molar-refractivity contribution in [1.82, 2.24) is 0 Å². The SMILES string of the molecule is C=C[C@@H](Oc1ccc(Br)cc1)C(CC)CC. The second-order valence-electron chi connectivity index (χ2n) is 3.85. The number of benzene rings is 1. The molecule has 1 aromatic carbocycles. The topological polar surface area (TPSA) is 9.23 Å². The van der Waals surface area contributed by atoms with E-state index >= 15 is 0 Å². The summed E-state index contributed by atoms with van der Waals surface area (Å²) in [7, 11) is 0. The molecule has 0 bridgehead atoms. The lowest BCUT2D eigenvalue weighted by atomic mass is 9.96. The first kappa shape index (κ1) is 13.3. The normalized spacial score (nSPS) is 12.5. The summed E-state index contributed by atoms with van der Waals surface area (Å²) >= 11 is 3.41. The summed E-state index contributed by atoms with van der Waals surface area (Å²) in [4.78, 5) is 0. The standard InChI is InChI=1S/C14H19BrO/c1-4-11(5-2)14(6-3)16-13-9-7-12(15)8-10-13/h6-11,14H,3-5H2,1-2H3/t14-/m1/s1. The molecule has 1 nitrogen and oxygen atoms in total. The highest BCUT2D eigenvalue weighted by Crippen LogP contribution is 2.22. The predicted octanol–water partition coefficient (Wildman–Crippen LogP) is 4.82. The van der Waals surface area contributed by atoms with Crippen molar-refractivity contribution in [3.05, 3.63) is 41.4 Å². The van der Waals surface area contributed by atoms with E-state index in [-0.39, 0.29) is 6.10 Å². The molecule has 1 atom stereocenters. The zero-order valence-corrected chi connectivity index (χ0v) is 11.5. The zero-order valence-electron chi connectivity index (χ0n) is 9.95. The molecule has 0 aromatic heterocycles. The summed E-state index contributed by atoms with van der Waals surface area (Å²) in [6.45, 7) is 8.24. The predicted molar refractivity (Wildman–Crippen MR) is 72.8 cm³/mol. The smallest absolute Gasteiger partial charge is 0.120 e. The summed E-state index contributed by atoms with van der Waals surface area (Å²) < 4.78 is 6.99. The van der Waals surface area contributed by atoms with Crippen molar-refractivity contribution in [1.29, 1.82) is 0 Å². The summed E-state index contributed by atoms with van der Waals surface area (Å²) in [6, 6.07) is 7.93. The Labute approximate surface area is 107 Å². The van der Waals surface area contributed by atoms with Crippen molar-refractivity contribution in [2.24, 2.45) is 5.92 Å². The van der Waals surface area contributed by atoms with Gasteiger partial charge in [0.2, 0.25) is 0 Å². The molecule has 0 N–H and O–H groups in total. The maximum absolute atomic E-state index is 5.92. The Morgan fingerprint density at radius 3 is 2.25 bits per heavy atom. The van der Waals surface area contributed by atoms with Gasteiger partial charge in [-0.2, -0.15) is 0 Å². The minimum Gasteiger partial charge on any atom is -0.486 e. The number of hydrogen-bond acceptors (Lipinski definition) is 1. The molecule has 0 fully saturated rings. The molecule has 1 aromatic rings. The van der Waals surface area contributed by atoms with Crippen LogP contribution in [-0.4, -0.2) is 6.10 Å². The summed E-state index contributed by atoms with van der Waals surface area (Å²) in [5, 5.41) is 0. The van der Waals surface area contributed by atoms with Gasteiger partial charge in [0.25, 0.3) is 0 Å². The van der Waals surface area contributed by atoms with Gasteiger partial charge in [-0.3, -0.25) is 0 Å². The molecule has 0 saturated heterocycles. The highest BCUT2D eigenvalue weighted by Gasteiger charge is 2.16. The Bertz CT molecular complexity index is 314. The largest absolute Gasteiger partial charge is 0.486 e. The third-order valence-corrected chi connectivity index (χ3v) is 3.36. The van der Waals surface area contributed by atoms with Crippen molar-refractivity contribution in [2.75, 3.05) is 0 Å².